The van der Waals surface area contributed by atoms with Crippen molar-refractivity contribution in [1.29, 1.82) is 0 Å². The quantitative estimate of drug-likeness (QED) is 0.913. The van der Waals surface area contributed by atoms with E-state index in [2.05, 4.69) is 49.0 Å². The molecule has 0 amide bonds. The highest BCUT2D eigenvalue weighted by atomic mass is 15.1. The van der Waals surface area contributed by atoms with E-state index in [0.717, 1.165) is 17.9 Å². The highest BCUT2D eigenvalue weighted by Crippen LogP contribution is 2.19. The van der Waals surface area contributed by atoms with Gasteiger partial charge in [-0.3, -0.25) is 4.98 Å². The molecule has 100 valence electrons. The van der Waals surface area contributed by atoms with Gasteiger partial charge in [0.2, 0.25) is 0 Å². The van der Waals surface area contributed by atoms with Crippen LogP contribution in [0.4, 0.5) is 5.69 Å². The average molecular weight is 255 g/mol. The van der Waals surface area contributed by atoms with Crippen molar-refractivity contribution in [2.45, 2.75) is 26.9 Å². The first kappa shape index (κ1) is 13.6. The topological polar surface area (TPSA) is 42.1 Å². The van der Waals surface area contributed by atoms with Crippen molar-refractivity contribution in [3.8, 4) is 0 Å². The maximum absolute atomic E-state index is 5.62. The van der Waals surface area contributed by atoms with E-state index >= 15 is 0 Å². The molecule has 3 heteroatoms. The molecule has 2 aromatic rings. The zero-order chi connectivity index (χ0) is 13.8. The largest absolute Gasteiger partial charge is 0.369 e. The van der Waals surface area contributed by atoms with E-state index < -0.39 is 0 Å². The molecule has 0 unspecified atom stereocenters. The predicted octanol–water partition coefficient (Wildman–Crippen LogP) is 2.79. The molecule has 0 fully saturated rings. The van der Waals surface area contributed by atoms with Crippen molar-refractivity contribution in [3.05, 3.63) is 58.9 Å². The van der Waals surface area contributed by atoms with E-state index in [4.69, 9.17) is 5.73 Å². The Morgan fingerprint density at radius 3 is 2.32 bits per heavy atom. The van der Waals surface area contributed by atoms with Crippen molar-refractivity contribution in [3.63, 3.8) is 0 Å². The third-order valence-corrected chi connectivity index (χ3v) is 3.12. The molecule has 0 aliphatic heterocycles. The third-order valence-electron chi connectivity index (χ3n) is 3.12. The van der Waals surface area contributed by atoms with E-state index in [-0.39, 0.29) is 0 Å². The summed E-state index contributed by atoms with van der Waals surface area (Å²) in [7, 11) is 2.09. The van der Waals surface area contributed by atoms with Crippen LogP contribution in [0.25, 0.3) is 0 Å². The zero-order valence-electron chi connectivity index (χ0n) is 11.9. The Morgan fingerprint density at radius 1 is 1.05 bits per heavy atom. The van der Waals surface area contributed by atoms with Gasteiger partial charge in [0.15, 0.2) is 0 Å². The van der Waals surface area contributed by atoms with E-state index in [1.165, 1.54) is 16.8 Å². The van der Waals surface area contributed by atoms with E-state index in [1.54, 1.807) is 0 Å². The number of rotatable bonds is 4. The molecular formula is C16H21N3. The molecule has 2 N–H and O–H groups in total. The van der Waals surface area contributed by atoms with E-state index in [0.29, 0.717) is 6.54 Å². The molecule has 0 atom stereocenters. The van der Waals surface area contributed by atoms with Crippen LogP contribution in [0, 0.1) is 13.8 Å². The van der Waals surface area contributed by atoms with Crippen LogP contribution in [0.15, 0.2) is 36.4 Å². The maximum Gasteiger partial charge on any atom is 0.0600 e. The normalized spacial score (nSPS) is 10.5. The van der Waals surface area contributed by atoms with E-state index in [1.807, 2.05) is 18.2 Å². The molecule has 0 spiro atoms. The number of benzene rings is 1. The summed E-state index contributed by atoms with van der Waals surface area (Å²) in [4.78, 5) is 6.75. The van der Waals surface area contributed by atoms with Gasteiger partial charge in [0, 0.05) is 19.3 Å². The van der Waals surface area contributed by atoms with Crippen molar-refractivity contribution in [2.24, 2.45) is 5.73 Å². The van der Waals surface area contributed by atoms with Gasteiger partial charge in [-0.15, -0.1) is 0 Å². The number of nitrogens with two attached hydrogens (primary N) is 1. The summed E-state index contributed by atoms with van der Waals surface area (Å²) in [5, 5.41) is 0. The van der Waals surface area contributed by atoms with Crippen LogP contribution < -0.4 is 10.6 Å². The van der Waals surface area contributed by atoms with Gasteiger partial charge in [0.1, 0.15) is 0 Å². The molecule has 0 aliphatic rings. The van der Waals surface area contributed by atoms with Gasteiger partial charge in [-0.2, -0.15) is 0 Å². The van der Waals surface area contributed by atoms with Crippen molar-refractivity contribution in [1.82, 2.24) is 4.98 Å². The van der Waals surface area contributed by atoms with E-state index in [9.17, 15) is 0 Å². The van der Waals surface area contributed by atoms with Crippen molar-refractivity contribution < 1.29 is 0 Å². The highest BCUT2D eigenvalue weighted by molar-refractivity contribution is 5.50. The third kappa shape index (κ3) is 3.55. The second kappa shape index (κ2) is 5.85. The SMILES string of the molecule is Cc1cc(C)cc(N(C)Cc2cccc(CN)n2)c1. The van der Waals surface area contributed by atoms with Crippen LogP contribution in [0.5, 0.6) is 0 Å². The van der Waals surface area contributed by atoms with Crippen LogP contribution in [0.3, 0.4) is 0 Å². The molecule has 1 heterocycles. The molecular weight excluding hydrogens is 234 g/mol. The maximum atomic E-state index is 5.62. The lowest BCUT2D eigenvalue weighted by molar-refractivity contribution is 0.858. The molecule has 0 bridgehead atoms. The summed E-state index contributed by atoms with van der Waals surface area (Å²) in [5.74, 6) is 0. The first-order valence-electron chi connectivity index (χ1n) is 6.53. The summed E-state index contributed by atoms with van der Waals surface area (Å²) in [6.07, 6.45) is 0. The van der Waals surface area contributed by atoms with Gasteiger partial charge in [-0.1, -0.05) is 12.1 Å². The number of hydrogen-bond acceptors (Lipinski definition) is 3. The molecule has 1 aromatic heterocycles. The second-order valence-electron chi connectivity index (χ2n) is 5.03. The lowest BCUT2D eigenvalue weighted by Gasteiger charge is -2.20. The van der Waals surface area contributed by atoms with Gasteiger partial charge in [0.05, 0.1) is 17.9 Å². The summed E-state index contributed by atoms with van der Waals surface area (Å²) >= 11 is 0. The second-order valence-corrected chi connectivity index (χ2v) is 5.03. The van der Waals surface area contributed by atoms with Crippen molar-refractivity contribution in [2.75, 3.05) is 11.9 Å². The van der Waals surface area contributed by atoms with Crippen molar-refractivity contribution >= 4 is 5.69 Å². The Morgan fingerprint density at radius 2 is 1.68 bits per heavy atom. The standard InChI is InChI=1S/C16H21N3/c1-12-7-13(2)9-16(8-12)19(3)11-15-6-4-5-14(10-17)18-15/h4-9H,10-11,17H2,1-3H3. The Bertz CT molecular complexity index is 543. The van der Waals surface area contributed by atoms with Gasteiger partial charge in [0.25, 0.3) is 0 Å². The number of anilines is 1. The fourth-order valence-corrected chi connectivity index (χ4v) is 2.24. The summed E-state index contributed by atoms with van der Waals surface area (Å²) < 4.78 is 0. The Hall–Kier alpha value is -1.87. The number of aryl methyl sites for hydroxylation is 2. The van der Waals surface area contributed by atoms with Gasteiger partial charge in [-0.05, 0) is 49.2 Å². The smallest absolute Gasteiger partial charge is 0.0600 e. The van der Waals surface area contributed by atoms with Gasteiger partial charge in [-0.25, -0.2) is 0 Å². The predicted molar refractivity (Wildman–Crippen MR) is 80.2 cm³/mol. The van der Waals surface area contributed by atoms with Crippen LogP contribution in [-0.4, -0.2) is 12.0 Å². The molecule has 0 saturated heterocycles. The van der Waals surface area contributed by atoms with Gasteiger partial charge < -0.3 is 10.6 Å². The molecule has 0 saturated carbocycles. The molecule has 0 radical (unpaired) electrons. The van der Waals surface area contributed by atoms with Crippen LogP contribution in [0.1, 0.15) is 22.5 Å². The average Bonchev–Trinajstić information content (AvgIpc) is 2.37. The number of aromatic nitrogens is 1. The Labute approximate surface area is 115 Å². The fourth-order valence-electron chi connectivity index (χ4n) is 2.24. The minimum atomic E-state index is 0.487. The van der Waals surface area contributed by atoms with Gasteiger partial charge >= 0.3 is 0 Å². The first-order valence-corrected chi connectivity index (χ1v) is 6.53. The Kier molecular flexibility index (Phi) is 4.17. The number of hydrogen-bond donors (Lipinski definition) is 1. The van der Waals surface area contributed by atoms with Crippen LogP contribution >= 0.6 is 0 Å². The molecule has 19 heavy (non-hydrogen) atoms. The minimum absolute atomic E-state index is 0.487. The molecule has 2 rings (SSSR count). The first-order chi connectivity index (χ1) is 9.08. The summed E-state index contributed by atoms with van der Waals surface area (Å²) in [6, 6.07) is 12.6. The van der Waals surface area contributed by atoms with Crippen LogP contribution in [-0.2, 0) is 13.1 Å². The minimum Gasteiger partial charge on any atom is -0.369 e. The highest BCUT2D eigenvalue weighted by Gasteiger charge is 2.05. The molecule has 3 nitrogen and oxygen atoms in total. The Balaban J connectivity index is 2.17. The summed E-state index contributed by atoms with van der Waals surface area (Å²) in [6.45, 7) is 5.52. The zero-order valence-corrected chi connectivity index (χ0v) is 11.9. The monoisotopic (exact) mass is 255 g/mol. The number of pyridine rings is 1. The number of nitrogens with zero attached hydrogens (tertiary/aromatic N) is 2. The molecule has 1 aromatic carbocycles. The lowest BCUT2D eigenvalue weighted by Crippen LogP contribution is -2.18. The molecule has 0 aliphatic carbocycles. The van der Waals surface area contributed by atoms with Crippen LogP contribution in [0.2, 0.25) is 0 Å². The summed E-state index contributed by atoms with van der Waals surface area (Å²) in [5.41, 5.74) is 11.4. The lowest BCUT2D eigenvalue weighted by atomic mass is 10.1. The fraction of sp³-hybridized carbons (Fsp3) is 0.312.